The fourth-order valence-corrected chi connectivity index (χ4v) is 3.72. The highest BCUT2D eigenvalue weighted by molar-refractivity contribution is 6.42. The van der Waals surface area contributed by atoms with Gasteiger partial charge in [-0.2, -0.15) is 0 Å². The molecule has 2 aliphatic rings. The van der Waals surface area contributed by atoms with Gasteiger partial charge in [-0.1, -0.05) is 29.3 Å². The predicted molar refractivity (Wildman–Crippen MR) is 93.1 cm³/mol. The molecule has 6 heteroatoms. The standard InChI is InChI=1S/C16H20Cl2N2O.ClH/c17-14-2-1-11(7-15(14)18)8-16(21)20-5-3-12-9-19-10-13(12)4-6-20;/h1-2,7,12-13,19H,3-6,8-10H2;1H/t12-,13+;. The molecule has 3 rings (SSSR count). The van der Waals surface area contributed by atoms with E-state index in [1.54, 1.807) is 12.1 Å². The second-order valence-electron chi connectivity index (χ2n) is 6.06. The van der Waals surface area contributed by atoms with Crippen LogP contribution in [-0.2, 0) is 11.2 Å². The van der Waals surface area contributed by atoms with Crippen LogP contribution in [0.15, 0.2) is 18.2 Å². The van der Waals surface area contributed by atoms with Crippen molar-refractivity contribution in [3.63, 3.8) is 0 Å². The average Bonchev–Trinajstić information content (AvgIpc) is 2.81. The van der Waals surface area contributed by atoms with Gasteiger partial charge in [-0.3, -0.25) is 4.79 Å². The number of carbonyl (C=O) groups excluding carboxylic acids is 1. The van der Waals surface area contributed by atoms with Crippen LogP contribution >= 0.6 is 35.6 Å². The molecular formula is C16H21Cl3N2O. The van der Waals surface area contributed by atoms with Gasteiger partial charge in [-0.05, 0) is 55.5 Å². The van der Waals surface area contributed by atoms with Gasteiger partial charge in [-0.15, -0.1) is 12.4 Å². The smallest absolute Gasteiger partial charge is 0.226 e. The molecule has 0 aliphatic carbocycles. The summed E-state index contributed by atoms with van der Waals surface area (Å²) in [6.07, 6.45) is 2.64. The zero-order valence-electron chi connectivity index (χ0n) is 12.4. The van der Waals surface area contributed by atoms with Crippen molar-refractivity contribution in [2.24, 2.45) is 11.8 Å². The van der Waals surface area contributed by atoms with E-state index in [-0.39, 0.29) is 18.3 Å². The molecule has 1 aromatic carbocycles. The minimum atomic E-state index is 0. The molecule has 3 nitrogen and oxygen atoms in total. The summed E-state index contributed by atoms with van der Waals surface area (Å²) in [5.41, 5.74) is 0.931. The van der Waals surface area contributed by atoms with Gasteiger partial charge < -0.3 is 10.2 Å². The number of rotatable bonds is 2. The van der Waals surface area contributed by atoms with Crippen LogP contribution in [0.5, 0.6) is 0 Å². The summed E-state index contributed by atoms with van der Waals surface area (Å²) < 4.78 is 0. The zero-order valence-corrected chi connectivity index (χ0v) is 14.7. The van der Waals surface area contributed by atoms with E-state index in [1.165, 1.54) is 0 Å². The number of benzene rings is 1. The normalized spacial score (nSPS) is 24.4. The topological polar surface area (TPSA) is 32.3 Å². The van der Waals surface area contributed by atoms with Gasteiger partial charge in [0.05, 0.1) is 16.5 Å². The van der Waals surface area contributed by atoms with E-state index in [0.717, 1.165) is 56.4 Å². The van der Waals surface area contributed by atoms with Crippen molar-refractivity contribution in [2.75, 3.05) is 26.2 Å². The molecule has 2 atom stereocenters. The molecular weight excluding hydrogens is 343 g/mol. The maximum atomic E-state index is 12.5. The number of halogens is 3. The summed E-state index contributed by atoms with van der Waals surface area (Å²) >= 11 is 11.9. The molecule has 2 fully saturated rings. The molecule has 122 valence electrons. The number of nitrogens with zero attached hydrogens (tertiary/aromatic N) is 1. The number of likely N-dealkylation sites (tertiary alicyclic amines) is 1. The van der Waals surface area contributed by atoms with Crippen molar-refractivity contribution in [2.45, 2.75) is 19.3 Å². The predicted octanol–water partition coefficient (Wildman–Crippen LogP) is 3.42. The van der Waals surface area contributed by atoms with Crippen molar-refractivity contribution in [1.82, 2.24) is 10.2 Å². The van der Waals surface area contributed by atoms with E-state index in [1.807, 2.05) is 11.0 Å². The first-order valence-corrected chi connectivity index (χ1v) is 8.31. The Bertz CT molecular complexity index is 524. The van der Waals surface area contributed by atoms with E-state index in [2.05, 4.69) is 5.32 Å². The molecule has 2 saturated heterocycles. The van der Waals surface area contributed by atoms with Crippen LogP contribution in [0.2, 0.25) is 10.0 Å². The van der Waals surface area contributed by atoms with E-state index < -0.39 is 0 Å². The summed E-state index contributed by atoms with van der Waals surface area (Å²) in [5.74, 6) is 1.68. The van der Waals surface area contributed by atoms with Crippen molar-refractivity contribution < 1.29 is 4.79 Å². The van der Waals surface area contributed by atoms with Crippen LogP contribution in [0, 0.1) is 11.8 Å². The SMILES string of the molecule is Cl.O=C(Cc1ccc(Cl)c(Cl)c1)N1CC[C@@H]2CNC[C@@H]2CC1. The Hall–Kier alpha value is -0.480. The summed E-state index contributed by atoms with van der Waals surface area (Å²) in [4.78, 5) is 14.5. The maximum Gasteiger partial charge on any atom is 0.226 e. The van der Waals surface area contributed by atoms with E-state index in [0.29, 0.717) is 16.5 Å². The Morgan fingerprint density at radius 2 is 1.77 bits per heavy atom. The molecule has 0 saturated carbocycles. The molecule has 1 amide bonds. The Labute approximate surface area is 147 Å². The van der Waals surface area contributed by atoms with E-state index >= 15 is 0 Å². The number of hydrogen-bond acceptors (Lipinski definition) is 2. The number of amides is 1. The number of carbonyl (C=O) groups is 1. The van der Waals surface area contributed by atoms with Crippen molar-refractivity contribution in [1.29, 1.82) is 0 Å². The molecule has 22 heavy (non-hydrogen) atoms. The van der Waals surface area contributed by atoms with Crippen molar-refractivity contribution in [3.05, 3.63) is 33.8 Å². The molecule has 0 spiro atoms. The van der Waals surface area contributed by atoms with Crippen molar-refractivity contribution >= 4 is 41.5 Å². The molecule has 2 heterocycles. The lowest BCUT2D eigenvalue weighted by Crippen LogP contribution is -2.33. The molecule has 2 aliphatic heterocycles. The second kappa shape index (κ2) is 7.87. The number of fused-ring (bicyclic) bond motifs is 1. The van der Waals surface area contributed by atoms with Gasteiger partial charge in [0.15, 0.2) is 0 Å². The molecule has 0 unspecified atom stereocenters. The van der Waals surface area contributed by atoms with Gasteiger partial charge in [0.2, 0.25) is 5.91 Å². The fourth-order valence-electron chi connectivity index (χ4n) is 3.40. The van der Waals surface area contributed by atoms with Gasteiger partial charge >= 0.3 is 0 Å². The van der Waals surface area contributed by atoms with Crippen LogP contribution in [-0.4, -0.2) is 37.0 Å². The van der Waals surface area contributed by atoms with Crippen LogP contribution in [0.1, 0.15) is 18.4 Å². The monoisotopic (exact) mass is 362 g/mol. The Morgan fingerprint density at radius 1 is 1.14 bits per heavy atom. The Balaban J connectivity index is 0.00000176. The Morgan fingerprint density at radius 3 is 2.36 bits per heavy atom. The van der Waals surface area contributed by atoms with Crippen LogP contribution < -0.4 is 5.32 Å². The highest BCUT2D eigenvalue weighted by Crippen LogP contribution is 2.28. The zero-order chi connectivity index (χ0) is 14.8. The largest absolute Gasteiger partial charge is 0.342 e. The molecule has 1 N–H and O–H groups in total. The first-order valence-electron chi connectivity index (χ1n) is 7.56. The van der Waals surface area contributed by atoms with Gasteiger partial charge in [0.25, 0.3) is 0 Å². The summed E-state index contributed by atoms with van der Waals surface area (Å²) in [7, 11) is 0. The van der Waals surface area contributed by atoms with Gasteiger partial charge in [0, 0.05) is 13.1 Å². The minimum absolute atomic E-state index is 0. The Kier molecular flexibility index (Phi) is 6.39. The molecule has 0 radical (unpaired) electrons. The molecule has 0 bridgehead atoms. The third-order valence-electron chi connectivity index (χ3n) is 4.71. The fraction of sp³-hybridized carbons (Fsp3) is 0.562. The third-order valence-corrected chi connectivity index (χ3v) is 5.45. The highest BCUT2D eigenvalue weighted by atomic mass is 35.5. The average molecular weight is 364 g/mol. The lowest BCUT2D eigenvalue weighted by atomic mass is 9.92. The lowest BCUT2D eigenvalue weighted by molar-refractivity contribution is -0.130. The quantitative estimate of drug-likeness (QED) is 0.873. The molecule has 0 aromatic heterocycles. The van der Waals surface area contributed by atoms with Gasteiger partial charge in [0.1, 0.15) is 0 Å². The third kappa shape index (κ3) is 4.08. The first-order chi connectivity index (χ1) is 10.1. The van der Waals surface area contributed by atoms with Crippen LogP contribution in [0.4, 0.5) is 0 Å². The second-order valence-corrected chi connectivity index (χ2v) is 6.88. The first kappa shape index (κ1) is 17.9. The van der Waals surface area contributed by atoms with Crippen molar-refractivity contribution in [3.8, 4) is 0 Å². The van der Waals surface area contributed by atoms with E-state index in [9.17, 15) is 4.79 Å². The van der Waals surface area contributed by atoms with Gasteiger partial charge in [-0.25, -0.2) is 0 Å². The lowest BCUT2D eigenvalue weighted by Gasteiger charge is -2.21. The van der Waals surface area contributed by atoms with Crippen LogP contribution in [0.25, 0.3) is 0 Å². The summed E-state index contributed by atoms with van der Waals surface area (Å²) in [6.45, 7) is 3.98. The molecule has 1 aromatic rings. The highest BCUT2D eigenvalue weighted by Gasteiger charge is 2.31. The van der Waals surface area contributed by atoms with Crippen LogP contribution in [0.3, 0.4) is 0 Å². The number of hydrogen-bond donors (Lipinski definition) is 1. The van der Waals surface area contributed by atoms with E-state index in [4.69, 9.17) is 23.2 Å². The number of nitrogens with one attached hydrogen (secondary N) is 1. The minimum Gasteiger partial charge on any atom is -0.342 e. The summed E-state index contributed by atoms with van der Waals surface area (Å²) in [5, 5.41) is 4.50. The maximum absolute atomic E-state index is 12.5. The summed E-state index contributed by atoms with van der Waals surface area (Å²) in [6, 6.07) is 5.42.